The van der Waals surface area contributed by atoms with Crippen molar-refractivity contribution in [2.45, 2.75) is 53.1 Å². The van der Waals surface area contributed by atoms with Gasteiger partial charge in [0.1, 0.15) is 12.6 Å². The average molecular weight is 518 g/mol. The standard InChI is InChI=1S/C26H35N3O6S/c1-5-14-27-26(31)22(6-2)28(16-20-11-9-8-10-19(20)4)25(30)17-29(36(32,33)7-3)21-12-13-23-24(15-21)35-18-34-23/h8-13,15,22H,5-7,14,16-18H2,1-4H3,(H,27,31)/t22-/m1/s1. The average Bonchev–Trinajstić information content (AvgIpc) is 3.34. The lowest BCUT2D eigenvalue weighted by atomic mass is 10.1. The van der Waals surface area contributed by atoms with E-state index in [9.17, 15) is 18.0 Å². The van der Waals surface area contributed by atoms with Crippen molar-refractivity contribution < 1.29 is 27.5 Å². The van der Waals surface area contributed by atoms with E-state index in [4.69, 9.17) is 9.47 Å². The van der Waals surface area contributed by atoms with Gasteiger partial charge < -0.3 is 19.7 Å². The largest absolute Gasteiger partial charge is 0.454 e. The zero-order valence-electron chi connectivity index (χ0n) is 21.3. The molecule has 0 aliphatic carbocycles. The van der Waals surface area contributed by atoms with Crippen molar-refractivity contribution >= 4 is 27.5 Å². The molecule has 0 radical (unpaired) electrons. The third-order valence-corrected chi connectivity index (χ3v) is 7.90. The number of rotatable bonds is 12. The minimum absolute atomic E-state index is 0.0491. The number of sulfonamides is 1. The summed E-state index contributed by atoms with van der Waals surface area (Å²) in [7, 11) is -3.82. The molecule has 1 heterocycles. The summed E-state index contributed by atoms with van der Waals surface area (Å²) in [5, 5.41) is 2.88. The number of carbonyl (C=O) groups is 2. The summed E-state index contributed by atoms with van der Waals surface area (Å²) in [6.45, 7) is 7.55. The Morgan fingerprint density at radius 2 is 1.78 bits per heavy atom. The molecule has 2 aromatic carbocycles. The fourth-order valence-electron chi connectivity index (χ4n) is 4.02. The van der Waals surface area contributed by atoms with Gasteiger partial charge in [0.15, 0.2) is 11.5 Å². The number of anilines is 1. The van der Waals surface area contributed by atoms with Gasteiger partial charge in [-0.05, 0) is 49.9 Å². The van der Waals surface area contributed by atoms with Crippen LogP contribution in [0.3, 0.4) is 0 Å². The highest BCUT2D eigenvalue weighted by Crippen LogP contribution is 2.36. The number of fused-ring (bicyclic) bond motifs is 1. The predicted molar refractivity (Wildman–Crippen MR) is 138 cm³/mol. The van der Waals surface area contributed by atoms with Gasteiger partial charge in [-0.15, -0.1) is 0 Å². The lowest BCUT2D eigenvalue weighted by Gasteiger charge is -2.33. The van der Waals surface area contributed by atoms with Crippen LogP contribution in [0.2, 0.25) is 0 Å². The summed E-state index contributed by atoms with van der Waals surface area (Å²) < 4.78 is 38.0. The first-order chi connectivity index (χ1) is 17.2. The van der Waals surface area contributed by atoms with Gasteiger partial charge in [0.05, 0.1) is 11.4 Å². The molecule has 2 aromatic rings. The first-order valence-electron chi connectivity index (χ1n) is 12.2. The molecule has 0 saturated heterocycles. The van der Waals surface area contributed by atoms with E-state index >= 15 is 0 Å². The van der Waals surface area contributed by atoms with Crippen LogP contribution in [0.15, 0.2) is 42.5 Å². The molecule has 36 heavy (non-hydrogen) atoms. The van der Waals surface area contributed by atoms with E-state index in [1.807, 2.05) is 45.0 Å². The third-order valence-electron chi connectivity index (χ3n) is 6.16. The normalized spacial score (nSPS) is 13.2. The van der Waals surface area contributed by atoms with E-state index in [0.29, 0.717) is 30.2 Å². The second-order valence-electron chi connectivity index (χ2n) is 8.61. The molecule has 9 nitrogen and oxygen atoms in total. The Balaban J connectivity index is 1.97. The van der Waals surface area contributed by atoms with Crippen LogP contribution < -0.4 is 19.1 Å². The van der Waals surface area contributed by atoms with Gasteiger partial charge in [0.2, 0.25) is 28.6 Å². The molecule has 3 rings (SSSR count). The van der Waals surface area contributed by atoms with Gasteiger partial charge in [-0.25, -0.2) is 8.42 Å². The van der Waals surface area contributed by atoms with Crippen molar-refractivity contribution in [3.8, 4) is 11.5 Å². The molecule has 1 N–H and O–H groups in total. The van der Waals surface area contributed by atoms with Crippen LogP contribution in [0.25, 0.3) is 0 Å². The van der Waals surface area contributed by atoms with Crippen molar-refractivity contribution in [3.63, 3.8) is 0 Å². The van der Waals surface area contributed by atoms with E-state index in [0.717, 1.165) is 21.9 Å². The van der Waals surface area contributed by atoms with E-state index < -0.39 is 28.5 Å². The minimum atomic E-state index is -3.82. The van der Waals surface area contributed by atoms with E-state index in [-0.39, 0.29) is 25.0 Å². The molecule has 0 fully saturated rings. The lowest BCUT2D eigenvalue weighted by molar-refractivity contribution is -0.140. The molecule has 196 valence electrons. The maximum Gasteiger partial charge on any atom is 0.244 e. The summed E-state index contributed by atoms with van der Waals surface area (Å²) in [4.78, 5) is 28.3. The summed E-state index contributed by atoms with van der Waals surface area (Å²) >= 11 is 0. The van der Waals surface area contributed by atoms with Crippen molar-refractivity contribution in [1.82, 2.24) is 10.2 Å². The zero-order valence-corrected chi connectivity index (χ0v) is 22.1. The zero-order chi connectivity index (χ0) is 26.3. The van der Waals surface area contributed by atoms with Crippen LogP contribution in [0.1, 0.15) is 44.7 Å². The molecular weight excluding hydrogens is 482 g/mol. The quantitative estimate of drug-likeness (QED) is 0.464. The Kier molecular flexibility index (Phi) is 9.19. The van der Waals surface area contributed by atoms with Crippen molar-refractivity contribution in [3.05, 3.63) is 53.6 Å². The fourth-order valence-corrected chi connectivity index (χ4v) is 5.07. The second kappa shape index (κ2) is 12.1. The van der Waals surface area contributed by atoms with Crippen molar-refractivity contribution in [1.29, 1.82) is 0 Å². The van der Waals surface area contributed by atoms with Crippen LogP contribution in [0, 0.1) is 6.92 Å². The number of ether oxygens (including phenoxy) is 2. The highest BCUT2D eigenvalue weighted by molar-refractivity contribution is 7.92. The number of benzene rings is 2. The number of carbonyl (C=O) groups excluding carboxylic acids is 2. The Morgan fingerprint density at radius 3 is 2.44 bits per heavy atom. The molecular formula is C26H35N3O6S. The van der Waals surface area contributed by atoms with Gasteiger partial charge >= 0.3 is 0 Å². The summed E-state index contributed by atoms with van der Waals surface area (Å²) in [5.74, 6) is 0.0126. The highest BCUT2D eigenvalue weighted by Gasteiger charge is 2.33. The van der Waals surface area contributed by atoms with Gasteiger partial charge in [0, 0.05) is 19.2 Å². The number of nitrogens with zero attached hydrogens (tertiary/aromatic N) is 2. The van der Waals surface area contributed by atoms with Gasteiger partial charge in [0.25, 0.3) is 0 Å². The van der Waals surface area contributed by atoms with Crippen LogP contribution in [-0.4, -0.2) is 56.8 Å². The number of amides is 2. The third kappa shape index (κ3) is 6.29. The van der Waals surface area contributed by atoms with Crippen LogP contribution in [0.4, 0.5) is 5.69 Å². The molecule has 10 heteroatoms. The lowest BCUT2D eigenvalue weighted by Crippen LogP contribution is -2.52. The van der Waals surface area contributed by atoms with E-state index in [1.165, 1.54) is 11.8 Å². The molecule has 0 aromatic heterocycles. The first kappa shape index (κ1) is 27.3. The molecule has 1 aliphatic heterocycles. The van der Waals surface area contributed by atoms with Gasteiger partial charge in [-0.3, -0.25) is 13.9 Å². The van der Waals surface area contributed by atoms with Gasteiger partial charge in [-0.1, -0.05) is 38.1 Å². The topological polar surface area (TPSA) is 105 Å². The van der Waals surface area contributed by atoms with E-state index in [2.05, 4.69) is 5.32 Å². The molecule has 1 aliphatic rings. The van der Waals surface area contributed by atoms with Crippen molar-refractivity contribution in [2.24, 2.45) is 0 Å². The number of hydrogen-bond acceptors (Lipinski definition) is 6. The molecule has 0 unspecified atom stereocenters. The van der Waals surface area contributed by atoms with Gasteiger partial charge in [-0.2, -0.15) is 0 Å². The number of hydrogen-bond donors (Lipinski definition) is 1. The summed E-state index contributed by atoms with van der Waals surface area (Å²) in [6.07, 6.45) is 1.15. The Bertz CT molecular complexity index is 1180. The highest BCUT2D eigenvalue weighted by atomic mass is 32.2. The maximum atomic E-state index is 13.8. The Labute approximate surface area is 213 Å². The monoisotopic (exact) mass is 517 g/mol. The minimum Gasteiger partial charge on any atom is -0.454 e. The molecule has 0 spiro atoms. The van der Waals surface area contributed by atoms with E-state index in [1.54, 1.807) is 18.2 Å². The SMILES string of the molecule is CCCNC(=O)[C@@H](CC)N(Cc1ccccc1C)C(=O)CN(c1ccc2c(c1)OCO2)S(=O)(=O)CC. The first-order valence-corrected chi connectivity index (χ1v) is 13.8. The molecule has 2 amide bonds. The summed E-state index contributed by atoms with van der Waals surface area (Å²) in [6, 6.07) is 11.7. The predicted octanol–water partition coefficient (Wildman–Crippen LogP) is 3.21. The van der Waals surface area contributed by atoms with Crippen LogP contribution >= 0.6 is 0 Å². The molecule has 1 atom stereocenters. The molecule has 0 bridgehead atoms. The van der Waals surface area contributed by atoms with Crippen LogP contribution in [-0.2, 0) is 26.2 Å². The van der Waals surface area contributed by atoms with Crippen molar-refractivity contribution in [2.75, 3.05) is 29.9 Å². The Hall–Kier alpha value is -3.27. The van der Waals surface area contributed by atoms with Crippen LogP contribution in [0.5, 0.6) is 11.5 Å². The second-order valence-corrected chi connectivity index (χ2v) is 10.8. The fraction of sp³-hybridized carbons (Fsp3) is 0.462. The Morgan fingerprint density at radius 1 is 1.06 bits per heavy atom. The number of nitrogens with one attached hydrogen (secondary N) is 1. The smallest absolute Gasteiger partial charge is 0.244 e. The maximum absolute atomic E-state index is 13.8. The summed E-state index contributed by atoms with van der Waals surface area (Å²) in [5.41, 5.74) is 2.17. The number of aryl methyl sites for hydroxylation is 1. The molecule has 0 saturated carbocycles.